The minimum Gasteiger partial charge on any atom is -0.423 e. The molecule has 0 aliphatic carbocycles. The van der Waals surface area contributed by atoms with Crippen LogP contribution in [0.25, 0.3) is 10.9 Å². The van der Waals surface area contributed by atoms with Gasteiger partial charge in [0.1, 0.15) is 11.3 Å². The zero-order valence-electron chi connectivity index (χ0n) is 14.3. The number of hydrogen-bond donors (Lipinski definition) is 0. The molecule has 4 rings (SSSR count). The summed E-state index contributed by atoms with van der Waals surface area (Å²) in [6, 6.07) is 22.8. The molecule has 0 fully saturated rings. The van der Waals surface area contributed by atoms with Gasteiger partial charge in [0.25, 0.3) is 5.56 Å². The van der Waals surface area contributed by atoms with Crippen molar-refractivity contribution in [3.8, 4) is 5.75 Å². The van der Waals surface area contributed by atoms with E-state index in [2.05, 4.69) is 10.3 Å². The Morgan fingerprint density at radius 2 is 1.59 bits per heavy atom. The Kier molecular flexibility index (Phi) is 4.45. The van der Waals surface area contributed by atoms with Crippen molar-refractivity contribution in [3.05, 3.63) is 100 Å². The number of carbonyl (C=O) groups is 1. The van der Waals surface area contributed by atoms with Crippen LogP contribution in [0, 0.1) is 0 Å². The van der Waals surface area contributed by atoms with Gasteiger partial charge in [-0.05, 0) is 42.0 Å². The third kappa shape index (κ3) is 3.59. The van der Waals surface area contributed by atoms with Crippen molar-refractivity contribution < 1.29 is 9.53 Å². The van der Waals surface area contributed by atoms with E-state index >= 15 is 0 Å². The van der Waals surface area contributed by atoms with E-state index in [0.717, 1.165) is 5.56 Å². The van der Waals surface area contributed by atoms with Gasteiger partial charge in [0.15, 0.2) is 0 Å². The number of para-hydroxylation sites is 1. The van der Waals surface area contributed by atoms with E-state index in [9.17, 15) is 9.59 Å². The lowest BCUT2D eigenvalue weighted by molar-refractivity contribution is 0.0735. The smallest absolute Gasteiger partial charge is 0.343 e. The summed E-state index contributed by atoms with van der Waals surface area (Å²) in [6.07, 6.45) is 0. The second kappa shape index (κ2) is 7.21. The molecule has 27 heavy (non-hydrogen) atoms. The van der Waals surface area contributed by atoms with Crippen LogP contribution in [0.15, 0.2) is 83.7 Å². The molecular formula is C21H15N3O3. The van der Waals surface area contributed by atoms with Crippen molar-refractivity contribution in [1.29, 1.82) is 0 Å². The predicted molar refractivity (Wildman–Crippen MR) is 101 cm³/mol. The summed E-state index contributed by atoms with van der Waals surface area (Å²) < 4.78 is 6.61. The van der Waals surface area contributed by atoms with Crippen LogP contribution in [0.5, 0.6) is 5.75 Å². The van der Waals surface area contributed by atoms with Crippen molar-refractivity contribution in [2.45, 2.75) is 6.54 Å². The maximum Gasteiger partial charge on any atom is 0.343 e. The van der Waals surface area contributed by atoms with Gasteiger partial charge in [-0.25, -0.2) is 9.48 Å². The molecule has 1 heterocycles. The molecule has 6 heteroatoms. The van der Waals surface area contributed by atoms with E-state index < -0.39 is 5.97 Å². The maximum atomic E-state index is 12.5. The van der Waals surface area contributed by atoms with Gasteiger partial charge in [-0.1, -0.05) is 47.7 Å². The fourth-order valence-electron chi connectivity index (χ4n) is 2.70. The summed E-state index contributed by atoms with van der Waals surface area (Å²) in [6.45, 7) is 0.269. The van der Waals surface area contributed by atoms with Gasteiger partial charge in [-0.3, -0.25) is 4.79 Å². The first-order valence-corrected chi connectivity index (χ1v) is 8.39. The van der Waals surface area contributed by atoms with Crippen LogP contribution >= 0.6 is 0 Å². The summed E-state index contributed by atoms with van der Waals surface area (Å²) in [5, 5.41) is 8.57. The van der Waals surface area contributed by atoms with Crippen molar-refractivity contribution >= 4 is 16.9 Å². The van der Waals surface area contributed by atoms with E-state index in [4.69, 9.17) is 4.74 Å². The minimum absolute atomic E-state index is 0.201. The van der Waals surface area contributed by atoms with Gasteiger partial charge in [0.2, 0.25) is 0 Å². The van der Waals surface area contributed by atoms with Crippen LogP contribution in [0.2, 0.25) is 0 Å². The van der Waals surface area contributed by atoms with E-state index in [1.807, 2.05) is 12.1 Å². The van der Waals surface area contributed by atoms with E-state index in [0.29, 0.717) is 22.2 Å². The molecule has 0 N–H and O–H groups in total. The average molecular weight is 357 g/mol. The number of hydrogen-bond acceptors (Lipinski definition) is 5. The standard InChI is InChI=1S/C21H15N3O3/c25-20-18-8-4-5-9-19(18)22-23-24(20)14-15-10-12-16(13-11-15)21(26)27-17-6-2-1-3-7-17/h1-13H,14H2. The van der Waals surface area contributed by atoms with Gasteiger partial charge < -0.3 is 4.74 Å². The van der Waals surface area contributed by atoms with Crippen molar-refractivity contribution in [1.82, 2.24) is 15.0 Å². The van der Waals surface area contributed by atoms with Gasteiger partial charge in [-0.2, -0.15) is 0 Å². The van der Waals surface area contributed by atoms with Crippen LogP contribution in [0.1, 0.15) is 15.9 Å². The molecule has 0 amide bonds. The Hall–Kier alpha value is -3.80. The molecule has 132 valence electrons. The number of ether oxygens (including phenoxy) is 1. The van der Waals surface area contributed by atoms with E-state index in [1.165, 1.54) is 4.68 Å². The minimum atomic E-state index is -0.435. The third-order valence-corrected chi connectivity index (χ3v) is 4.11. The SMILES string of the molecule is O=C(Oc1ccccc1)c1ccc(Cn2nnc3ccccc3c2=O)cc1. The summed E-state index contributed by atoms with van der Waals surface area (Å²) >= 11 is 0. The van der Waals surface area contributed by atoms with Crippen LogP contribution in [0.3, 0.4) is 0 Å². The van der Waals surface area contributed by atoms with Gasteiger partial charge in [0.05, 0.1) is 17.5 Å². The number of aromatic nitrogens is 3. The summed E-state index contributed by atoms with van der Waals surface area (Å²) in [7, 11) is 0. The molecule has 0 radical (unpaired) electrons. The highest BCUT2D eigenvalue weighted by Gasteiger charge is 2.10. The second-order valence-electron chi connectivity index (χ2n) is 5.97. The fourth-order valence-corrected chi connectivity index (χ4v) is 2.70. The maximum absolute atomic E-state index is 12.5. The lowest BCUT2D eigenvalue weighted by Gasteiger charge is -2.07. The third-order valence-electron chi connectivity index (χ3n) is 4.11. The Morgan fingerprint density at radius 1 is 0.889 bits per heavy atom. The second-order valence-corrected chi connectivity index (χ2v) is 5.97. The van der Waals surface area contributed by atoms with E-state index in [-0.39, 0.29) is 12.1 Å². The van der Waals surface area contributed by atoms with Gasteiger partial charge in [0, 0.05) is 0 Å². The van der Waals surface area contributed by atoms with Crippen LogP contribution < -0.4 is 10.3 Å². The number of carbonyl (C=O) groups excluding carboxylic acids is 1. The van der Waals surface area contributed by atoms with Crippen molar-refractivity contribution in [2.75, 3.05) is 0 Å². The zero-order chi connectivity index (χ0) is 18.6. The van der Waals surface area contributed by atoms with E-state index in [1.54, 1.807) is 66.7 Å². The monoisotopic (exact) mass is 357 g/mol. The Morgan fingerprint density at radius 3 is 2.37 bits per heavy atom. The molecule has 0 aliphatic rings. The molecule has 0 saturated carbocycles. The van der Waals surface area contributed by atoms with Crippen molar-refractivity contribution in [2.24, 2.45) is 0 Å². The number of fused-ring (bicyclic) bond motifs is 1. The van der Waals surface area contributed by atoms with Crippen LogP contribution in [0.4, 0.5) is 0 Å². The fraction of sp³-hybridized carbons (Fsp3) is 0.0476. The average Bonchev–Trinajstić information content (AvgIpc) is 2.71. The molecule has 0 saturated heterocycles. The molecule has 0 unspecified atom stereocenters. The lowest BCUT2D eigenvalue weighted by atomic mass is 10.1. The Labute approximate surface area is 154 Å². The predicted octanol–water partition coefficient (Wildman–Crippen LogP) is 3.06. The number of rotatable bonds is 4. The van der Waals surface area contributed by atoms with Crippen LogP contribution in [-0.2, 0) is 6.54 Å². The molecule has 4 aromatic rings. The van der Waals surface area contributed by atoms with Crippen LogP contribution in [-0.4, -0.2) is 21.0 Å². The van der Waals surface area contributed by atoms with Crippen molar-refractivity contribution in [3.63, 3.8) is 0 Å². The highest BCUT2D eigenvalue weighted by molar-refractivity contribution is 5.91. The molecule has 0 spiro atoms. The topological polar surface area (TPSA) is 74.1 Å². The molecule has 1 aromatic heterocycles. The largest absolute Gasteiger partial charge is 0.423 e. The van der Waals surface area contributed by atoms with Gasteiger partial charge >= 0.3 is 5.97 Å². The molecule has 0 atom stereocenters. The summed E-state index contributed by atoms with van der Waals surface area (Å²) in [5.41, 5.74) is 1.63. The zero-order valence-corrected chi connectivity index (χ0v) is 14.3. The Bertz CT molecular complexity index is 1150. The first-order chi connectivity index (χ1) is 13.2. The lowest BCUT2D eigenvalue weighted by Crippen LogP contribution is -2.24. The molecule has 0 aliphatic heterocycles. The summed E-state index contributed by atoms with van der Waals surface area (Å²) in [4.78, 5) is 24.7. The molecular weight excluding hydrogens is 342 g/mol. The first-order valence-electron chi connectivity index (χ1n) is 8.39. The quantitative estimate of drug-likeness (QED) is 0.414. The normalized spacial score (nSPS) is 10.7. The first kappa shape index (κ1) is 16.7. The molecule has 6 nitrogen and oxygen atoms in total. The number of benzene rings is 3. The number of nitrogens with zero attached hydrogens (tertiary/aromatic N) is 3. The molecule has 0 bridgehead atoms. The number of esters is 1. The Balaban J connectivity index is 1.52. The molecule has 3 aromatic carbocycles. The highest BCUT2D eigenvalue weighted by Crippen LogP contribution is 2.13. The summed E-state index contributed by atoms with van der Waals surface area (Å²) in [5.74, 6) is 0.0555. The van der Waals surface area contributed by atoms with Gasteiger partial charge in [-0.15, -0.1) is 5.10 Å². The highest BCUT2D eigenvalue weighted by atomic mass is 16.5.